The standard InChI is InChI=1S/C30H24N2O9S2/c1-3-39-29(33)27-23(17-15-21(31(35)36)25(27)19-11-7-5-8-12-19)42-41-43-24-18-16-22(32(37)38)26(20-13-9-6-10-14-20)28(24)30(34)40-4-2/h5-18H,3-4H2,1-2H3. The highest BCUT2D eigenvalue weighted by Crippen LogP contribution is 2.44. The monoisotopic (exact) mass is 620 g/mol. The minimum absolute atomic E-state index is 0.0312. The third kappa shape index (κ3) is 7.02. The highest BCUT2D eigenvalue weighted by molar-refractivity contribution is 8.08. The summed E-state index contributed by atoms with van der Waals surface area (Å²) >= 11 is 1.45. The molecule has 0 bridgehead atoms. The predicted molar refractivity (Wildman–Crippen MR) is 162 cm³/mol. The maximum Gasteiger partial charge on any atom is 0.340 e. The number of hydrogen-bond acceptors (Lipinski definition) is 11. The fourth-order valence-corrected chi connectivity index (χ4v) is 5.79. The Labute approximate surface area is 254 Å². The average Bonchev–Trinajstić information content (AvgIpc) is 3.01. The summed E-state index contributed by atoms with van der Waals surface area (Å²) in [5.74, 6) is -1.56. The molecule has 0 atom stereocenters. The van der Waals surface area contributed by atoms with E-state index in [2.05, 4.69) is 0 Å². The third-order valence-corrected chi connectivity index (χ3v) is 7.60. The highest BCUT2D eigenvalue weighted by atomic mass is 32.2. The van der Waals surface area contributed by atoms with Crippen LogP contribution in [0.2, 0.25) is 0 Å². The summed E-state index contributed by atoms with van der Waals surface area (Å²) in [4.78, 5) is 49.4. The van der Waals surface area contributed by atoms with E-state index in [0.717, 1.165) is 24.1 Å². The molecule has 0 N–H and O–H groups in total. The fourth-order valence-electron chi connectivity index (χ4n) is 4.28. The van der Waals surface area contributed by atoms with Crippen LogP contribution >= 0.6 is 24.1 Å². The predicted octanol–water partition coefficient (Wildman–Crippen LogP) is 7.92. The van der Waals surface area contributed by atoms with E-state index in [1.807, 2.05) is 0 Å². The van der Waals surface area contributed by atoms with Gasteiger partial charge < -0.3 is 9.47 Å². The lowest BCUT2D eigenvalue weighted by molar-refractivity contribution is -0.384. The van der Waals surface area contributed by atoms with Crippen LogP contribution in [0.4, 0.5) is 11.4 Å². The molecule has 0 spiro atoms. The zero-order valence-electron chi connectivity index (χ0n) is 22.9. The minimum atomic E-state index is -0.782. The van der Waals surface area contributed by atoms with Crippen LogP contribution in [0.25, 0.3) is 22.3 Å². The van der Waals surface area contributed by atoms with Crippen LogP contribution in [0.1, 0.15) is 34.6 Å². The van der Waals surface area contributed by atoms with Gasteiger partial charge in [-0.05, 0) is 37.1 Å². The Kier molecular flexibility index (Phi) is 10.5. The van der Waals surface area contributed by atoms with Crippen LogP contribution < -0.4 is 0 Å². The van der Waals surface area contributed by atoms with Gasteiger partial charge >= 0.3 is 11.9 Å². The number of hydrogen-bond donors (Lipinski definition) is 0. The van der Waals surface area contributed by atoms with Crippen LogP contribution in [0, 0.1) is 20.2 Å². The molecule has 0 aliphatic carbocycles. The van der Waals surface area contributed by atoms with Gasteiger partial charge in [-0.15, -0.1) is 0 Å². The molecule has 220 valence electrons. The summed E-state index contributed by atoms with van der Waals surface area (Å²) in [5.41, 5.74) is 0.282. The van der Waals surface area contributed by atoms with Gasteiger partial charge in [-0.3, -0.25) is 20.2 Å². The van der Waals surface area contributed by atoms with E-state index in [1.54, 1.807) is 74.5 Å². The Hall–Kier alpha value is -4.72. The molecule has 0 aliphatic heterocycles. The normalized spacial score (nSPS) is 10.7. The second-order valence-electron chi connectivity index (χ2n) is 8.59. The molecule has 4 aromatic rings. The molecule has 4 aromatic carbocycles. The molecule has 0 saturated heterocycles. The first kappa shape index (κ1) is 31.2. The fraction of sp³-hybridized carbons (Fsp3) is 0.133. The van der Waals surface area contributed by atoms with Crippen molar-refractivity contribution in [3.05, 3.63) is 116 Å². The number of carbonyl (C=O) groups excluding carboxylic acids is 2. The maximum absolute atomic E-state index is 13.1. The van der Waals surface area contributed by atoms with Crippen molar-refractivity contribution in [2.45, 2.75) is 23.6 Å². The maximum atomic E-state index is 13.1. The van der Waals surface area contributed by atoms with Crippen molar-refractivity contribution in [1.82, 2.24) is 0 Å². The first-order valence-corrected chi connectivity index (χ1v) is 14.4. The number of rotatable bonds is 12. The van der Waals surface area contributed by atoms with Crippen LogP contribution in [0.15, 0.2) is 94.7 Å². The first-order valence-electron chi connectivity index (χ1n) is 12.9. The molecule has 0 aromatic heterocycles. The van der Waals surface area contributed by atoms with Crippen LogP contribution in [0.3, 0.4) is 0 Å². The molecule has 0 radical (unpaired) electrons. The Morgan fingerprint density at radius 3 is 1.33 bits per heavy atom. The number of nitro groups is 2. The third-order valence-electron chi connectivity index (χ3n) is 6.02. The van der Waals surface area contributed by atoms with Crippen molar-refractivity contribution in [2.75, 3.05) is 13.2 Å². The van der Waals surface area contributed by atoms with Crippen molar-refractivity contribution in [3.8, 4) is 22.3 Å². The molecule has 43 heavy (non-hydrogen) atoms. The second kappa shape index (κ2) is 14.4. The van der Waals surface area contributed by atoms with E-state index >= 15 is 0 Å². The molecule has 4 rings (SSSR count). The second-order valence-corrected chi connectivity index (χ2v) is 10.3. The summed E-state index contributed by atoms with van der Waals surface area (Å²) in [6.07, 6.45) is 0. The molecule has 11 nitrogen and oxygen atoms in total. The highest BCUT2D eigenvalue weighted by Gasteiger charge is 2.30. The number of benzene rings is 4. The van der Waals surface area contributed by atoms with Crippen molar-refractivity contribution in [1.29, 1.82) is 0 Å². The van der Waals surface area contributed by atoms with Gasteiger partial charge in [0.1, 0.15) is 0 Å². The summed E-state index contributed by atoms with van der Waals surface area (Å²) in [6, 6.07) is 22.1. The molecule has 13 heteroatoms. The zero-order chi connectivity index (χ0) is 30.9. The Morgan fingerprint density at radius 1 is 0.628 bits per heavy atom. The van der Waals surface area contributed by atoms with Gasteiger partial charge in [0.25, 0.3) is 11.4 Å². The van der Waals surface area contributed by atoms with E-state index in [4.69, 9.17) is 13.1 Å². The molecule has 0 unspecified atom stereocenters. The molecule has 0 heterocycles. The van der Waals surface area contributed by atoms with Crippen molar-refractivity contribution < 1.29 is 32.5 Å². The van der Waals surface area contributed by atoms with Gasteiger partial charge in [-0.25, -0.2) is 13.2 Å². The molecule has 0 aliphatic rings. The SMILES string of the molecule is CCOC(=O)c1c(SOSc2ccc([N+](=O)[O-])c(-c3ccccc3)c2C(=O)OCC)ccc([N+](=O)[O-])c1-c1ccccc1. The largest absolute Gasteiger partial charge is 0.462 e. The lowest BCUT2D eigenvalue weighted by atomic mass is 9.97. The smallest absolute Gasteiger partial charge is 0.340 e. The van der Waals surface area contributed by atoms with E-state index < -0.39 is 21.8 Å². The molecule has 0 fully saturated rings. The number of ether oxygens (including phenoxy) is 2. The van der Waals surface area contributed by atoms with Crippen molar-refractivity contribution >= 4 is 47.4 Å². The zero-order valence-corrected chi connectivity index (χ0v) is 24.5. The Morgan fingerprint density at radius 2 is 1.00 bits per heavy atom. The summed E-state index contributed by atoms with van der Waals surface area (Å²) in [6.45, 7) is 3.30. The summed E-state index contributed by atoms with van der Waals surface area (Å²) in [7, 11) is 0. The Bertz CT molecular complexity index is 1540. The first-order chi connectivity index (χ1) is 20.8. The van der Waals surface area contributed by atoms with Gasteiger partial charge in [0.05, 0.1) is 55.1 Å². The van der Waals surface area contributed by atoms with Gasteiger partial charge in [0.2, 0.25) is 0 Å². The van der Waals surface area contributed by atoms with Gasteiger partial charge in [-0.1, -0.05) is 60.7 Å². The van der Waals surface area contributed by atoms with Crippen molar-refractivity contribution in [2.24, 2.45) is 0 Å². The van der Waals surface area contributed by atoms with Crippen LogP contribution in [-0.4, -0.2) is 35.0 Å². The molecule has 0 amide bonds. The van der Waals surface area contributed by atoms with Crippen LogP contribution in [0.5, 0.6) is 0 Å². The van der Waals surface area contributed by atoms with Gasteiger partial charge in [0, 0.05) is 36.2 Å². The van der Waals surface area contributed by atoms with Crippen LogP contribution in [-0.2, 0) is 13.1 Å². The van der Waals surface area contributed by atoms with E-state index in [9.17, 15) is 29.8 Å². The quantitative estimate of drug-likeness (QED) is 0.0658. The average molecular weight is 621 g/mol. The Balaban J connectivity index is 1.78. The number of carbonyl (C=O) groups is 2. The number of esters is 2. The van der Waals surface area contributed by atoms with Crippen molar-refractivity contribution in [3.63, 3.8) is 0 Å². The number of nitro benzene ring substituents is 2. The lowest BCUT2D eigenvalue weighted by Crippen LogP contribution is -2.10. The minimum Gasteiger partial charge on any atom is -0.462 e. The molecular formula is C30H24N2O9S2. The van der Waals surface area contributed by atoms with E-state index in [-0.39, 0.29) is 56.6 Å². The van der Waals surface area contributed by atoms with E-state index in [0.29, 0.717) is 11.1 Å². The molecular weight excluding hydrogens is 596 g/mol. The lowest BCUT2D eigenvalue weighted by Gasteiger charge is -2.15. The summed E-state index contributed by atoms with van der Waals surface area (Å²) < 4.78 is 16.3. The molecule has 0 saturated carbocycles. The summed E-state index contributed by atoms with van der Waals surface area (Å²) in [5, 5.41) is 23.9. The number of nitrogens with zero attached hydrogens (tertiary/aromatic N) is 2. The van der Waals surface area contributed by atoms with E-state index in [1.165, 1.54) is 24.3 Å². The van der Waals surface area contributed by atoms with Gasteiger partial charge in [-0.2, -0.15) is 0 Å². The topological polar surface area (TPSA) is 148 Å². The van der Waals surface area contributed by atoms with Gasteiger partial charge in [0.15, 0.2) is 0 Å².